The van der Waals surface area contributed by atoms with Gasteiger partial charge in [0.1, 0.15) is 5.75 Å². The number of methoxy groups -OCH3 is 2. The van der Waals surface area contributed by atoms with Crippen molar-refractivity contribution in [2.75, 3.05) is 14.2 Å². The maximum atomic E-state index is 11.2. The first-order chi connectivity index (χ1) is 9.19. The second-order valence-electron chi connectivity index (χ2n) is 4.11. The lowest BCUT2D eigenvalue weighted by molar-refractivity contribution is -0.139. The molecule has 2 rings (SSSR count). The van der Waals surface area contributed by atoms with Crippen LogP contribution < -0.4 is 4.74 Å². The Kier molecular flexibility index (Phi) is 3.80. The summed E-state index contributed by atoms with van der Waals surface area (Å²) in [6.07, 6.45) is 0.996. The van der Waals surface area contributed by atoms with E-state index >= 15 is 0 Å². The van der Waals surface area contributed by atoms with Gasteiger partial charge in [-0.1, -0.05) is 24.3 Å². The second kappa shape index (κ2) is 5.52. The Morgan fingerprint density at radius 3 is 2.63 bits per heavy atom. The van der Waals surface area contributed by atoms with Crippen LogP contribution in [0.3, 0.4) is 0 Å². The summed E-state index contributed by atoms with van der Waals surface area (Å²) in [5.74, 6) is 0.256. The van der Waals surface area contributed by atoms with Gasteiger partial charge in [-0.25, -0.2) is 0 Å². The molecule has 0 atom stereocenters. The molecule has 0 spiro atoms. The smallest absolute Gasteiger partial charge is 0.309 e. The van der Waals surface area contributed by atoms with Crippen molar-refractivity contribution in [2.45, 2.75) is 6.42 Å². The summed E-state index contributed by atoms with van der Waals surface area (Å²) in [6, 6.07) is 9.11. The fourth-order valence-electron chi connectivity index (χ4n) is 2.03. The van der Waals surface area contributed by atoms with E-state index < -0.39 is 0 Å². The molecule has 0 saturated heterocycles. The Morgan fingerprint density at radius 1 is 1.21 bits per heavy atom. The Labute approximate surface area is 110 Å². The molecule has 4 nitrogen and oxygen atoms in total. The zero-order valence-corrected chi connectivity index (χ0v) is 10.8. The highest BCUT2D eigenvalue weighted by Gasteiger charge is 2.09. The maximum Gasteiger partial charge on any atom is 0.309 e. The number of carbonyl (C=O) groups is 2. The molecular formula is C15H14O4. The van der Waals surface area contributed by atoms with Crippen LogP contribution in [-0.2, 0) is 16.0 Å². The van der Waals surface area contributed by atoms with Gasteiger partial charge < -0.3 is 9.47 Å². The molecule has 0 saturated carbocycles. The van der Waals surface area contributed by atoms with E-state index in [-0.39, 0.29) is 12.4 Å². The average Bonchev–Trinajstić information content (AvgIpc) is 2.45. The van der Waals surface area contributed by atoms with Crippen molar-refractivity contribution in [3.8, 4) is 5.75 Å². The van der Waals surface area contributed by atoms with Gasteiger partial charge in [-0.15, -0.1) is 0 Å². The van der Waals surface area contributed by atoms with Crippen LogP contribution in [0.15, 0.2) is 30.3 Å². The van der Waals surface area contributed by atoms with Crippen LogP contribution >= 0.6 is 0 Å². The number of rotatable bonds is 4. The Bertz CT molecular complexity index is 631. The van der Waals surface area contributed by atoms with Crippen molar-refractivity contribution in [1.29, 1.82) is 0 Å². The van der Waals surface area contributed by atoms with Crippen LogP contribution in [0.4, 0.5) is 0 Å². The number of benzene rings is 2. The second-order valence-corrected chi connectivity index (χ2v) is 4.11. The van der Waals surface area contributed by atoms with Gasteiger partial charge in [0.15, 0.2) is 6.29 Å². The fraction of sp³-hybridized carbons (Fsp3) is 0.200. The van der Waals surface area contributed by atoms with E-state index in [1.807, 2.05) is 24.3 Å². The Morgan fingerprint density at radius 2 is 2.00 bits per heavy atom. The van der Waals surface area contributed by atoms with Gasteiger partial charge in [-0.05, 0) is 22.4 Å². The summed E-state index contributed by atoms with van der Waals surface area (Å²) in [5, 5.41) is 1.70. The monoisotopic (exact) mass is 258 g/mol. The molecule has 0 N–H and O–H groups in total. The van der Waals surface area contributed by atoms with Crippen molar-refractivity contribution in [1.82, 2.24) is 0 Å². The molecule has 2 aromatic rings. The highest BCUT2D eigenvalue weighted by atomic mass is 16.5. The van der Waals surface area contributed by atoms with Crippen LogP contribution in [0.25, 0.3) is 10.8 Å². The molecular weight excluding hydrogens is 244 g/mol. The fourth-order valence-corrected chi connectivity index (χ4v) is 2.03. The number of carbonyl (C=O) groups excluding carboxylic acids is 2. The standard InChI is InChI=1S/C15H14O4/c1-18-14-6-4-11-7-10(8-15(17)19-2)3-5-12(11)13(14)9-16/h3-7,9H,8H2,1-2H3. The first-order valence-electron chi connectivity index (χ1n) is 5.81. The van der Waals surface area contributed by atoms with Crippen molar-refractivity contribution in [3.05, 3.63) is 41.5 Å². The van der Waals surface area contributed by atoms with E-state index in [1.165, 1.54) is 14.2 Å². The minimum Gasteiger partial charge on any atom is -0.496 e. The topological polar surface area (TPSA) is 52.6 Å². The van der Waals surface area contributed by atoms with Crippen molar-refractivity contribution in [2.24, 2.45) is 0 Å². The van der Waals surface area contributed by atoms with Crippen molar-refractivity contribution < 1.29 is 19.1 Å². The highest BCUT2D eigenvalue weighted by Crippen LogP contribution is 2.27. The summed E-state index contributed by atoms with van der Waals surface area (Å²) >= 11 is 0. The van der Waals surface area contributed by atoms with Crippen LogP contribution in [-0.4, -0.2) is 26.5 Å². The average molecular weight is 258 g/mol. The summed E-state index contributed by atoms with van der Waals surface area (Å²) in [6.45, 7) is 0. The van der Waals surface area contributed by atoms with Gasteiger partial charge in [0, 0.05) is 0 Å². The third-order valence-corrected chi connectivity index (χ3v) is 3.00. The molecule has 2 aromatic carbocycles. The lowest BCUT2D eigenvalue weighted by Gasteiger charge is -2.08. The molecule has 0 aliphatic carbocycles. The molecule has 0 unspecified atom stereocenters. The lowest BCUT2D eigenvalue weighted by atomic mass is 10.0. The van der Waals surface area contributed by atoms with Gasteiger partial charge in [0.2, 0.25) is 0 Å². The van der Waals surface area contributed by atoms with E-state index in [0.29, 0.717) is 11.3 Å². The molecule has 0 aliphatic rings. The molecule has 0 amide bonds. The van der Waals surface area contributed by atoms with E-state index in [1.54, 1.807) is 6.07 Å². The molecule has 4 heteroatoms. The molecule has 0 aliphatic heterocycles. The summed E-state index contributed by atoms with van der Waals surface area (Å²) in [4.78, 5) is 22.4. The lowest BCUT2D eigenvalue weighted by Crippen LogP contribution is -2.04. The highest BCUT2D eigenvalue weighted by molar-refractivity contribution is 6.01. The normalized spacial score (nSPS) is 10.2. The van der Waals surface area contributed by atoms with Gasteiger partial charge in [-0.3, -0.25) is 9.59 Å². The quantitative estimate of drug-likeness (QED) is 0.624. The first kappa shape index (κ1) is 13.1. The number of fused-ring (bicyclic) bond motifs is 1. The summed E-state index contributed by atoms with van der Waals surface area (Å²) < 4.78 is 9.78. The Balaban J connectivity index is 2.50. The number of hydrogen-bond acceptors (Lipinski definition) is 4. The first-order valence-corrected chi connectivity index (χ1v) is 5.81. The summed E-state index contributed by atoms with van der Waals surface area (Å²) in [5.41, 5.74) is 1.37. The third kappa shape index (κ3) is 2.57. The van der Waals surface area contributed by atoms with Crippen LogP contribution in [0.1, 0.15) is 15.9 Å². The zero-order valence-electron chi connectivity index (χ0n) is 10.8. The summed E-state index contributed by atoms with van der Waals surface area (Å²) in [7, 11) is 2.89. The van der Waals surface area contributed by atoms with Crippen molar-refractivity contribution >= 4 is 23.0 Å². The number of aldehydes is 1. The van der Waals surface area contributed by atoms with E-state index in [0.717, 1.165) is 22.6 Å². The van der Waals surface area contributed by atoms with Crippen LogP contribution in [0.2, 0.25) is 0 Å². The predicted octanol–water partition coefficient (Wildman–Crippen LogP) is 2.38. The van der Waals surface area contributed by atoms with Crippen molar-refractivity contribution in [3.63, 3.8) is 0 Å². The minimum atomic E-state index is -0.288. The van der Waals surface area contributed by atoms with E-state index in [2.05, 4.69) is 4.74 Å². The molecule has 0 bridgehead atoms. The number of hydrogen-bond donors (Lipinski definition) is 0. The molecule has 98 valence electrons. The Hall–Kier alpha value is -2.36. The maximum absolute atomic E-state index is 11.2. The van der Waals surface area contributed by atoms with E-state index in [9.17, 15) is 9.59 Å². The zero-order chi connectivity index (χ0) is 13.8. The van der Waals surface area contributed by atoms with E-state index in [4.69, 9.17) is 4.74 Å². The number of ether oxygens (including phenoxy) is 2. The van der Waals surface area contributed by atoms with Gasteiger partial charge in [0.05, 0.1) is 26.2 Å². The number of esters is 1. The third-order valence-electron chi connectivity index (χ3n) is 3.00. The van der Waals surface area contributed by atoms with Gasteiger partial charge in [0.25, 0.3) is 0 Å². The largest absolute Gasteiger partial charge is 0.496 e. The molecule has 19 heavy (non-hydrogen) atoms. The molecule has 0 radical (unpaired) electrons. The van der Waals surface area contributed by atoms with Gasteiger partial charge in [-0.2, -0.15) is 0 Å². The SMILES string of the molecule is COC(=O)Cc1ccc2c(C=O)c(OC)ccc2c1. The predicted molar refractivity (Wildman–Crippen MR) is 71.6 cm³/mol. The van der Waals surface area contributed by atoms with Crippen LogP contribution in [0, 0.1) is 0 Å². The minimum absolute atomic E-state index is 0.217. The molecule has 0 heterocycles. The van der Waals surface area contributed by atoms with Gasteiger partial charge >= 0.3 is 5.97 Å². The van der Waals surface area contributed by atoms with Crippen LogP contribution in [0.5, 0.6) is 5.75 Å². The molecule has 0 fully saturated rings. The molecule has 0 aromatic heterocycles.